The molecule has 6 N–H and O–H groups in total. The SMILES string of the molecule is CC(=N)N.CCCCCCCC(=N)N. The van der Waals surface area contributed by atoms with Crippen LogP contribution in [0, 0.1) is 10.8 Å². The third-order valence-electron chi connectivity index (χ3n) is 1.55. The van der Waals surface area contributed by atoms with Crippen LogP contribution in [-0.4, -0.2) is 11.7 Å². The molecule has 0 bridgehead atoms. The summed E-state index contributed by atoms with van der Waals surface area (Å²) in [5.41, 5.74) is 9.88. The average molecular weight is 200 g/mol. The van der Waals surface area contributed by atoms with Crippen molar-refractivity contribution in [3.05, 3.63) is 0 Å². The maximum atomic E-state index is 6.95. The summed E-state index contributed by atoms with van der Waals surface area (Å²) < 4.78 is 0. The predicted octanol–water partition coefficient (Wildman–Crippen LogP) is 2.23. The molecule has 0 aliphatic heterocycles. The minimum atomic E-state index is 0.167. The molecule has 0 aliphatic rings. The number of hydrogen-bond acceptors (Lipinski definition) is 2. The van der Waals surface area contributed by atoms with E-state index in [0.29, 0.717) is 5.84 Å². The van der Waals surface area contributed by atoms with Crippen molar-refractivity contribution in [3.8, 4) is 0 Å². The molecule has 4 heteroatoms. The molecule has 0 heterocycles. The van der Waals surface area contributed by atoms with Crippen molar-refractivity contribution in [1.29, 1.82) is 10.8 Å². The second kappa shape index (κ2) is 11.9. The fourth-order valence-electron chi connectivity index (χ4n) is 0.919. The summed E-state index contributed by atoms with van der Waals surface area (Å²) in [7, 11) is 0. The van der Waals surface area contributed by atoms with Crippen LogP contribution in [0.3, 0.4) is 0 Å². The van der Waals surface area contributed by atoms with E-state index in [1.165, 1.54) is 32.6 Å². The van der Waals surface area contributed by atoms with Crippen molar-refractivity contribution in [2.75, 3.05) is 0 Å². The van der Waals surface area contributed by atoms with Gasteiger partial charge in [0.15, 0.2) is 0 Å². The molecule has 0 aliphatic carbocycles. The molecule has 0 atom stereocenters. The first-order valence-electron chi connectivity index (χ1n) is 5.14. The first-order valence-corrected chi connectivity index (χ1v) is 5.14. The van der Waals surface area contributed by atoms with Crippen molar-refractivity contribution in [2.45, 2.75) is 52.4 Å². The lowest BCUT2D eigenvalue weighted by atomic mass is 10.1. The van der Waals surface area contributed by atoms with Crippen LogP contribution < -0.4 is 11.5 Å². The smallest absolute Gasteiger partial charge is 0.0905 e. The number of nitrogens with two attached hydrogens (primary N) is 2. The minimum Gasteiger partial charge on any atom is -0.388 e. The summed E-state index contributed by atoms with van der Waals surface area (Å²) in [6.07, 6.45) is 6.99. The van der Waals surface area contributed by atoms with E-state index in [1.54, 1.807) is 0 Å². The van der Waals surface area contributed by atoms with Crippen LogP contribution in [0.4, 0.5) is 0 Å². The van der Waals surface area contributed by atoms with Gasteiger partial charge < -0.3 is 11.5 Å². The highest BCUT2D eigenvalue weighted by atomic mass is 14.7. The van der Waals surface area contributed by atoms with Crippen LogP contribution in [0.1, 0.15) is 52.4 Å². The molecule has 0 saturated heterocycles. The predicted molar refractivity (Wildman–Crippen MR) is 62.9 cm³/mol. The zero-order valence-corrected chi connectivity index (χ0v) is 9.40. The Hall–Kier alpha value is -1.06. The van der Waals surface area contributed by atoms with Crippen molar-refractivity contribution in [1.82, 2.24) is 0 Å². The zero-order chi connectivity index (χ0) is 11.4. The third-order valence-corrected chi connectivity index (χ3v) is 1.55. The van der Waals surface area contributed by atoms with E-state index < -0.39 is 0 Å². The van der Waals surface area contributed by atoms with Gasteiger partial charge in [-0.2, -0.15) is 0 Å². The molecule has 0 amide bonds. The van der Waals surface area contributed by atoms with Gasteiger partial charge in [0.2, 0.25) is 0 Å². The Kier molecular flexibility index (Phi) is 13.1. The van der Waals surface area contributed by atoms with Crippen LogP contribution in [0.2, 0.25) is 0 Å². The normalized spacial score (nSPS) is 8.71. The molecule has 0 aromatic carbocycles. The van der Waals surface area contributed by atoms with Gasteiger partial charge in [0, 0.05) is 6.42 Å². The van der Waals surface area contributed by atoms with Gasteiger partial charge in [0.05, 0.1) is 11.7 Å². The second-order valence-corrected chi connectivity index (χ2v) is 3.37. The first kappa shape index (κ1) is 15.4. The highest BCUT2D eigenvalue weighted by Crippen LogP contribution is 2.03. The van der Waals surface area contributed by atoms with E-state index in [-0.39, 0.29) is 5.84 Å². The van der Waals surface area contributed by atoms with E-state index in [0.717, 1.165) is 12.8 Å². The van der Waals surface area contributed by atoms with Gasteiger partial charge in [-0.3, -0.25) is 10.8 Å². The first-order chi connectivity index (χ1) is 6.50. The molecule has 14 heavy (non-hydrogen) atoms. The zero-order valence-electron chi connectivity index (χ0n) is 9.40. The Labute approximate surface area is 87.1 Å². The van der Waals surface area contributed by atoms with Gasteiger partial charge in [-0.25, -0.2) is 0 Å². The molecule has 0 aromatic rings. The lowest BCUT2D eigenvalue weighted by Crippen LogP contribution is -2.08. The highest BCUT2D eigenvalue weighted by molar-refractivity contribution is 5.76. The molecule has 84 valence electrons. The number of amidine groups is 2. The lowest BCUT2D eigenvalue weighted by Gasteiger charge is -1.97. The highest BCUT2D eigenvalue weighted by Gasteiger charge is 1.90. The fraction of sp³-hybridized carbons (Fsp3) is 0.800. The monoisotopic (exact) mass is 200 g/mol. The molecule has 4 nitrogen and oxygen atoms in total. The van der Waals surface area contributed by atoms with Gasteiger partial charge in [-0.05, 0) is 13.3 Å². The maximum absolute atomic E-state index is 6.95. The molecule has 0 saturated carbocycles. The lowest BCUT2D eigenvalue weighted by molar-refractivity contribution is 0.642. The molecule has 0 fully saturated rings. The van der Waals surface area contributed by atoms with E-state index >= 15 is 0 Å². The molecule has 0 spiro atoms. The van der Waals surface area contributed by atoms with Crippen LogP contribution in [-0.2, 0) is 0 Å². The van der Waals surface area contributed by atoms with Crippen molar-refractivity contribution in [3.63, 3.8) is 0 Å². The number of hydrogen-bond donors (Lipinski definition) is 4. The molecule has 0 unspecified atom stereocenters. The van der Waals surface area contributed by atoms with Gasteiger partial charge in [0.25, 0.3) is 0 Å². The number of unbranched alkanes of at least 4 members (excludes halogenated alkanes) is 4. The van der Waals surface area contributed by atoms with E-state index in [2.05, 4.69) is 6.92 Å². The number of rotatable bonds is 6. The molecular weight excluding hydrogens is 176 g/mol. The fourth-order valence-corrected chi connectivity index (χ4v) is 0.919. The quantitative estimate of drug-likeness (QED) is 0.300. The molecule has 0 rings (SSSR count). The van der Waals surface area contributed by atoms with Crippen LogP contribution >= 0.6 is 0 Å². The summed E-state index contributed by atoms with van der Waals surface area (Å²) in [6.45, 7) is 3.73. The molecule has 0 aromatic heterocycles. The Balaban J connectivity index is 0. The van der Waals surface area contributed by atoms with Gasteiger partial charge in [0.1, 0.15) is 0 Å². The minimum absolute atomic E-state index is 0.167. The Morgan fingerprint density at radius 1 is 1.00 bits per heavy atom. The Bertz CT molecular complexity index is 150. The van der Waals surface area contributed by atoms with Gasteiger partial charge >= 0.3 is 0 Å². The van der Waals surface area contributed by atoms with Crippen LogP contribution in [0.25, 0.3) is 0 Å². The summed E-state index contributed by atoms with van der Waals surface area (Å²) in [4.78, 5) is 0. The Morgan fingerprint density at radius 3 is 1.79 bits per heavy atom. The summed E-state index contributed by atoms with van der Waals surface area (Å²) in [5.74, 6) is 0.497. The summed E-state index contributed by atoms with van der Waals surface area (Å²) in [5, 5.41) is 13.2. The summed E-state index contributed by atoms with van der Waals surface area (Å²) >= 11 is 0. The number of nitrogens with one attached hydrogen (secondary N) is 2. The van der Waals surface area contributed by atoms with Gasteiger partial charge in [-0.15, -0.1) is 0 Å². The molecule has 0 radical (unpaired) electrons. The average Bonchev–Trinajstić information content (AvgIpc) is 2.02. The van der Waals surface area contributed by atoms with Crippen LogP contribution in [0.5, 0.6) is 0 Å². The third kappa shape index (κ3) is 30.6. The van der Waals surface area contributed by atoms with E-state index in [1.807, 2.05) is 0 Å². The van der Waals surface area contributed by atoms with E-state index in [9.17, 15) is 0 Å². The summed E-state index contributed by atoms with van der Waals surface area (Å²) in [6, 6.07) is 0. The van der Waals surface area contributed by atoms with Crippen molar-refractivity contribution < 1.29 is 0 Å². The largest absolute Gasteiger partial charge is 0.388 e. The van der Waals surface area contributed by atoms with Crippen molar-refractivity contribution >= 4 is 11.7 Å². The Morgan fingerprint density at radius 2 is 1.43 bits per heavy atom. The van der Waals surface area contributed by atoms with Crippen LogP contribution in [0.15, 0.2) is 0 Å². The van der Waals surface area contributed by atoms with Crippen molar-refractivity contribution in [2.24, 2.45) is 11.5 Å². The maximum Gasteiger partial charge on any atom is 0.0905 e. The standard InChI is InChI=1S/C8H18N2.C2H6N2/c1-2-3-4-5-6-7-8(9)10;1-2(3)4/h2-7H2,1H3,(H3,9,10);1H3,(H3,3,4). The van der Waals surface area contributed by atoms with E-state index in [4.69, 9.17) is 22.3 Å². The molecular formula is C10H24N4. The topological polar surface area (TPSA) is 99.7 Å². The second-order valence-electron chi connectivity index (χ2n) is 3.37. The van der Waals surface area contributed by atoms with Gasteiger partial charge in [-0.1, -0.05) is 32.6 Å².